The molecule has 0 amide bonds. The van der Waals surface area contributed by atoms with Gasteiger partial charge in [0.05, 0.1) is 32.7 Å². The van der Waals surface area contributed by atoms with Gasteiger partial charge in [-0.2, -0.15) is 0 Å². The normalized spacial score (nSPS) is 11.8. The van der Waals surface area contributed by atoms with Gasteiger partial charge in [0.15, 0.2) is 16.3 Å². The smallest absolute Gasteiger partial charge is 0.203 e. The van der Waals surface area contributed by atoms with Crippen LogP contribution in [0, 0.1) is 13.8 Å². The minimum Gasteiger partial charge on any atom is -0.493 e. The van der Waals surface area contributed by atoms with Crippen LogP contribution in [0.2, 0.25) is 0 Å². The molecule has 0 N–H and O–H groups in total. The second kappa shape index (κ2) is 12.1. The molecule has 184 valence electrons. The van der Waals surface area contributed by atoms with E-state index in [1.54, 1.807) is 32.7 Å². The third-order valence-electron chi connectivity index (χ3n) is 5.94. The summed E-state index contributed by atoms with van der Waals surface area (Å²) in [4.78, 5) is 8.48. The quantitative estimate of drug-likeness (QED) is 0.345. The summed E-state index contributed by atoms with van der Waals surface area (Å²) in [6.45, 7) is 12.7. The molecule has 0 unspecified atom stereocenters. The molecular weight excluding hydrogens is 446 g/mol. The SMILES string of the molecule is CCN(CC)CCCn1c(-c2cc(OC)c(OC)c(OC)c2)csc1=Nc1cc(C)cc(C)c1. The standard InChI is InChI=1S/C27H37N3O3S/c1-8-29(9-2)11-10-12-30-23(21-16-24(31-5)26(33-7)25(17-21)32-6)18-34-27(30)28-22-14-19(3)13-20(4)15-22/h13-18H,8-12H2,1-7H3. The van der Waals surface area contributed by atoms with Crippen molar-refractivity contribution in [1.29, 1.82) is 0 Å². The van der Waals surface area contributed by atoms with E-state index in [1.165, 1.54) is 11.1 Å². The van der Waals surface area contributed by atoms with Crippen LogP contribution in [0.4, 0.5) is 5.69 Å². The molecule has 0 spiro atoms. The minimum absolute atomic E-state index is 0.595. The summed E-state index contributed by atoms with van der Waals surface area (Å²) in [6.07, 6.45) is 1.04. The van der Waals surface area contributed by atoms with Gasteiger partial charge in [0.1, 0.15) is 0 Å². The Hall–Kier alpha value is -2.77. The number of thiazole rings is 1. The molecule has 0 bridgehead atoms. The first-order chi connectivity index (χ1) is 16.4. The van der Waals surface area contributed by atoms with E-state index in [0.29, 0.717) is 17.2 Å². The molecule has 6 nitrogen and oxygen atoms in total. The maximum atomic E-state index is 5.61. The van der Waals surface area contributed by atoms with Gasteiger partial charge >= 0.3 is 0 Å². The Morgan fingerprint density at radius 3 is 2.03 bits per heavy atom. The van der Waals surface area contributed by atoms with Crippen molar-refractivity contribution >= 4 is 17.0 Å². The number of benzene rings is 2. The predicted molar refractivity (Wildman–Crippen MR) is 141 cm³/mol. The van der Waals surface area contributed by atoms with Gasteiger partial charge in [-0.25, -0.2) is 4.99 Å². The van der Waals surface area contributed by atoms with E-state index in [9.17, 15) is 0 Å². The summed E-state index contributed by atoms with van der Waals surface area (Å²) in [5.74, 6) is 1.88. The van der Waals surface area contributed by atoms with Crippen LogP contribution in [0.1, 0.15) is 31.4 Å². The van der Waals surface area contributed by atoms with Crippen LogP contribution in [0.25, 0.3) is 11.3 Å². The lowest BCUT2D eigenvalue weighted by molar-refractivity contribution is 0.293. The third-order valence-corrected chi connectivity index (χ3v) is 6.80. The molecule has 0 aliphatic carbocycles. The van der Waals surface area contributed by atoms with Crippen molar-refractivity contribution in [3.05, 3.63) is 51.6 Å². The second-order valence-corrected chi connectivity index (χ2v) is 9.14. The van der Waals surface area contributed by atoms with Crippen LogP contribution in [-0.4, -0.2) is 50.4 Å². The summed E-state index contributed by atoms with van der Waals surface area (Å²) in [5.41, 5.74) is 5.51. The van der Waals surface area contributed by atoms with Gasteiger partial charge in [-0.3, -0.25) is 0 Å². The highest BCUT2D eigenvalue weighted by atomic mass is 32.1. The molecule has 3 rings (SSSR count). The number of nitrogens with zero attached hydrogens (tertiary/aromatic N) is 3. The Balaban J connectivity index is 2.11. The maximum absolute atomic E-state index is 5.61. The maximum Gasteiger partial charge on any atom is 0.203 e. The molecule has 0 atom stereocenters. The number of methoxy groups -OCH3 is 3. The Labute approximate surface area is 207 Å². The molecule has 0 aliphatic rings. The zero-order chi connectivity index (χ0) is 24.7. The van der Waals surface area contributed by atoms with Crippen LogP contribution in [0.5, 0.6) is 17.2 Å². The van der Waals surface area contributed by atoms with E-state index in [1.807, 2.05) is 12.1 Å². The number of aryl methyl sites for hydroxylation is 2. The summed E-state index contributed by atoms with van der Waals surface area (Å²) >= 11 is 1.65. The highest BCUT2D eigenvalue weighted by molar-refractivity contribution is 7.07. The Bertz CT molecular complexity index is 1120. The molecule has 2 aromatic carbocycles. The number of hydrogen-bond donors (Lipinski definition) is 0. The van der Waals surface area contributed by atoms with E-state index in [0.717, 1.165) is 54.3 Å². The highest BCUT2D eigenvalue weighted by Crippen LogP contribution is 2.41. The largest absolute Gasteiger partial charge is 0.493 e. The molecule has 0 saturated carbocycles. The molecule has 1 aromatic heterocycles. The molecule has 0 saturated heterocycles. The van der Waals surface area contributed by atoms with Crippen LogP contribution in [0.15, 0.2) is 40.7 Å². The number of ether oxygens (including phenoxy) is 3. The van der Waals surface area contributed by atoms with Crippen molar-refractivity contribution in [1.82, 2.24) is 9.47 Å². The summed E-state index contributed by atoms with van der Waals surface area (Å²) in [5, 5.41) is 2.17. The van der Waals surface area contributed by atoms with E-state index in [2.05, 4.69) is 60.7 Å². The Morgan fingerprint density at radius 2 is 1.50 bits per heavy atom. The second-order valence-electron chi connectivity index (χ2n) is 8.31. The average Bonchev–Trinajstić information content (AvgIpc) is 3.22. The number of rotatable bonds is 11. The van der Waals surface area contributed by atoms with Crippen LogP contribution in [0.3, 0.4) is 0 Å². The molecule has 7 heteroatoms. The fourth-order valence-corrected chi connectivity index (χ4v) is 5.17. The molecule has 34 heavy (non-hydrogen) atoms. The van der Waals surface area contributed by atoms with E-state index < -0.39 is 0 Å². The van der Waals surface area contributed by atoms with Gasteiger partial charge in [0.25, 0.3) is 0 Å². The Morgan fingerprint density at radius 1 is 0.882 bits per heavy atom. The first-order valence-corrected chi connectivity index (χ1v) is 12.7. The van der Waals surface area contributed by atoms with Crippen molar-refractivity contribution in [2.75, 3.05) is 41.0 Å². The van der Waals surface area contributed by atoms with Crippen molar-refractivity contribution < 1.29 is 14.2 Å². The zero-order valence-corrected chi connectivity index (χ0v) is 22.3. The lowest BCUT2D eigenvalue weighted by Gasteiger charge is -2.19. The first kappa shape index (κ1) is 25.8. The fourth-order valence-electron chi connectivity index (χ4n) is 4.21. The van der Waals surface area contributed by atoms with Gasteiger partial charge in [-0.1, -0.05) is 19.9 Å². The summed E-state index contributed by atoms with van der Waals surface area (Å²) < 4.78 is 19.1. The van der Waals surface area contributed by atoms with Crippen molar-refractivity contribution in [3.63, 3.8) is 0 Å². The first-order valence-electron chi connectivity index (χ1n) is 11.8. The molecule has 0 fully saturated rings. The van der Waals surface area contributed by atoms with E-state index in [-0.39, 0.29) is 0 Å². The lowest BCUT2D eigenvalue weighted by Crippen LogP contribution is -2.26. The fraction of sp³-hybridized carbons (Fsp3) is 0.444. The predicted octanol–water partition coefficient (Wildman–Crippen LogP) is 5.82. The molecule has 1 heterocycles. The summed E-state index contributed by atoms with van der Waals surface area (Å²) in [7, 11) is 4.92. The van der Waals surface area contributed by atoms with Crippen LogP contribution in [-0.2, 0) is 6.54 Å². The van der Waals surface area contributed by atoms with Gasteiger partial charge < -0.3 is 23.7 Å². The number of aromatic nitrogens is 1. The molecule has 0 aliphatic heterocycles. The van der Waals surface area contributed by atoms with Crippen molar-refractivity contribution in [2.24, 2.45) is 4.99 Å². The van der Waals surface area contributed by atoms with Crippen molar-refractivity contribution in [2.45, 2.75) is 40.7 Å². The van der Waals surface area contributed by atoms with E-state index >= 15 is 0 Å². The monoisotopic (exact) mass is 483 g/mol. The Kier molecular flexibility index (Phi) is 9.19. The molecule has 0 radical (unpaired) electrons. The summed E-state index contributed by atoms with van der Waals surface area (Å²) in [6, 6.07) is 10.4. The van der Waals surface area contributed by atoms with Gasteiger partial charge in [-0.05, 0) is 75.3 Å². The van der Waals surface area contributed by atoms with Gasteiger partial charge in [0, 0.05) is 17.5 Å². The van der Waals surface area contributed by atoms with Crippen LogP contribution >= 0.6 is 11.3 Å². The number of hydrogen-bond acceptors (Lipinski definition) is 6. The molecular formula is C27H37N3O3S. The van der Waals surface area contributed by atoms with Crippen LogP contribution < -0.4 is 19.0 Å². The van der Waals surface area contributed by atoms with Gasteiger partial charge in [-0.15, -0.1) is 11.3 Å². The average molecular weight is 484 g/mol. The van der Waals surface area contributed by atoms with Gasteiger partial charge in [0.2, 0.25) is 5.75 Å². The van der Waals surface area contributed by atoms with E-state index in [4.69, 9.17) is 19.2 Å². The zero-order valence-electron chi connectivity index (χ0n) is 21.5. The third kappa shape index (κ3) is 6.02. The lowest BCUT2D eigenvalue weighted by atomic mass is 10.1. The minimum atomic E-state index is 0.595. The highest BCUT2D eigenvalue weighted by Gasteiger charge is 2.17. The molecule has 3 aromatic rings. The van der Waals surface area contributed by atoms with Crippen molar-refractivity contribution in [3.8, 4) is 28.5 Å². The topological polar surface area (TPSA) is 48.2 Å².